The molecular weight excluding hydrogens is 422 g/mol. The predicted molar refractivity (Wildman–Crippen MR) is 105 cm³/mol. The number of urea groups is 1. The van der Waals surface area contributed by atoms with E-state index in [1.165, 1.54) is 24.1 Å². The number of aliphatic hydroxyl groups excluding tert-OH is 1. The molecule has 2 saturated heterocycles. The van der Waals surface area contributed by atoms with Crippen molar-refractivity contribution in [1.29, 1.82) is 0 Å². The van der Waals surface area contributed by atoms with Gasteiger partial charge in [-0.3, -0.25) is 4.90 Å². The van der Waals surface area contributed by atoms with Crippen LogP contribution in [0.5, 0.6) is 5.75 Å². The maximum Gasteiger partial charge on any atom is 0.508 e. The van der Waals surface area contributed by atoms with Gasteiger partial charge in [-0.25, -0.2) is 9.59 Å². The maximum absolute atomic E-state index is 13.0. The lowest BCUT2D eigenvalue weighted by atomic mass is 9.89. The monoisotopic (exact) mass is 446 g/mol. The Morgan fingerprint density at radius 3 is 2.60 bits per heavy atom. The summed E-state index contributed by atoms with van der Waals surface area (Å²) < 4.78 is 39.0. The van der Waals surface area contributed by atoms with E-state index in [1.54, 1.807) is 28.8 Å². The van der Waals surface area contributed by atoms with Crippen molar-refractivity contribution < 1.29 is 37.7 Å². The Labute approximate surface area is 177 Å². The van der Waals surface area contributed by atoms with Crippen LogP contribution in [-0.2, 0) is 9.47 Å². The highest BCUT2D eigenvalue weighted by Gasteiger charge is 2.37. The molecule has 0 aromatic heterocycles. The van der Waals surface area contributed by atoms with Crippen LogP contribution in [0.4, 0.5) is 18.4 Å². The second-order valence-corrected chi connectivity index (χ2v) is 8.16. The third kappa shape index (κ3) is 5.66. The number of thioether (sulfide) groups is 1. The number of carbonyl (C=O) groups excluding carboxylic acids is 2. The van der Waals surface area contributed by atoms with Gasteiger partial charge in [-0.05, 0) is 24.1 Å². The standard InChI is InChI=1S/C19H24F2N2O6S/c1-27-19(26)29-15-8-13(12-2-4-14(5-3-12)28-17(20)21)9-22(10-15)18(25)23-6-7-30-11-16(23)24/h2-5,13,15-17,24H,6-11H2,1H3. The summed E-state index contributed by atoms with van der Waals surface area (Å²) in [6, 6.07) is 5.84. The molecule has 2 heterocycles. The second-order valence-electron chi connectivity index (χ2n) is 7.01. The summed E-state index contributed by atoms with van der Waals surface area (Å²) in [5.74, 6) is 1.01. The van der Waals surface area contributed by atoms with Crippen molar-refractivity contribution in [3.05, 3.63) is 29.8 Å². The van der Waals surface area contributed by atoms with Crippen LogP contribution in [0, 0.1) is 0 Å². The van der Waals surface area contributed by atoms with Crippen molar-refractivity contribution in [3.63, 3.8) is 0 Å². The molecule has 2 aliphatic rings. The fraction of sp³-hybridized carbons (Fsp3) is 0.579. The lowest BCUT2D eigenvalue weighted by Gasteiger charge is -2.41. The van der Waals surface area contributed by atoms with Gasteiger partial charge in [0.15, 0.2) is 0 Å². The van der Waals surface area contributed by atoms with Crippen molar-refractivity contribution in [1.82, 2.24) is 9.80 Å². The van der Waals surface area contributed by atoms with E-state index in [4.69, 9.17) is 4.74 Å². The first-order valence-corrected chi connectivity index (χ1v) is 10.6. The van der Waals surface area contributed by atoms with Crippen LogP contribution in [0.25, 0.3) is 0 Å². The van der Waals surface area contributed by atoms with Gasteiger partial charge in [0, 0.05) is 30.5 Å². The van der Waals surface area contributed by atoms with Crippen LogP contribution in [0.2, 0.25) is 0 Å². The van der Waals surface area contributed by atoms with E-state index in [9.17, 15) is 23.5 Å². The molecule has 0 spiro atoms. The lowest BCUT2D eigenvalue weighted by Crippen LogP contribution is -2.56. The number of benzene rings is 1. The quantitative estimate of drug-likeness (QED) is 0.712. The van der Waals surface area contributed by atoms with Gasteiger partial charge >= 0.3 is 18.8 Å². The first kappa shape index (κ1) is 22.4. The summed E-state index contributed by atoms with van der Waals surface area (Å²) in [6.45, 7) is -1.97. The van der Waals surface area contributed by atoms with Crippen molar-refractivity contribution in [2.45, 2.75) is 31.3 Å². The van der Waals surface area contributed by atoms with E-state index < -0.39 is 25.1 Å². The van der Waals surface area contributed by atoms with Crippen LogP contribution in [0.3, 0.4) is 0 Å². The fourth-order valence-electron chi connectivity index (χ4n) is 3.64. The Bertz CT molecular complexity index is 738. The minimum absolute atomic E-state index is 0.0359. The van der Waals surface area contributed by atoms with Gasteiger partial charge in [0.1, 0.15) is 18.1 Å². The number of methoxy groups -OCH3 is 1. The predicted octanol–water partition coefficient (Wildman–Crippen LogP) is 2.72. The number of ether oxygens (including phenoxy) is 3. The van der Waals surface area contributed by atoms with Gasteiger partial charge in [0.2, 0.25) is 0 Å². The number of aliphatic hydroxyl groups is 1. The molecule has 1 aromatic carbocycles. The molecule has 1 N–H and O–H groups in total. The molecule has 0 radical (unpaired) electrons. The van der Waals surface area contributed by atoms with Crippen molar-refractivity contribution in [3.8, 4) is 5.75 Å². The number of alkyl halides is 2. The topological polar surface area (TPSA) is 88.5 Å². The minimum atomic E-state index is -2.91. The van der Waals surface area contributed by atoms with Crippen LogP contribution in [-0.4, -0.2) is 84.3 Å². The van der Waals surface area contributed by atoms with Crippen LogP contribution >= 0.6 is 11.8 Å². The average Bonchev–Trinajstić information content (AvgIpc) is 2.73. The number of carbonyl (C=O) groups is 2. The fourth-order valence-corrected chi connectivity index (χ4v) is 4.52. The van der Waals surface area contributed by atoms with Crippen LogP contribution in [0.1, 0.15) is 17.9 Å². The molecule has 11 heteroatoms. The van der Waals surface area contributed by atoms with E-state index in [0.29, 0.717) is 25.3 Å². The summed E-state index contributed by atoms with van der Waals surface area (Å²) in [7, 11) is 1.20. The van der Waals surface area contributed by atoms with E-state index in [2.05, 4.69) is 9.47 Å². The number of hydrogen-bond acceptors (Lipinski definition) is 7. The molecule has 2 aliphatic heterocycles. The second kappa shape index (κ2) is 10.2. The van der Waals surface area contributed by atoms with Crippen LogP contribution < -0.4 is 4.74 Å². The first-order valence-electron chi connectivity index (χ1n) is 9.48. The third-order valence-corrected chi connectivity index (χ3v) is 6.04. The minimum Gasteiger partial charge on any atom is -0.438 e. The number of halogens is 2. The molecule has 3 unspecified atom stereocenters. The van der Waals surface area contributed by atoms with Gasteiger partial charge in [0.25, 0.3) is 0 Å². The van der Waals surface area contributed by atoms with E-state index in [0.717, 1.165) is 11.3 Å². The first-order chi connectivity index (χ1) is 14.4. The van der Waals surface area contributed by atoms with Gasteiger partial charge in [-0.15, -0.1) is 0 Å². The van der Waals surface area contributed by atoms with Gasteiger partial charge in [-0.2, -0.15) is 20.5 Å². The Morgan fingerprint density at radius 2 is 1.97 bits per heavy atom. The number of nitrogens with zero attached hydrogens (tertiary/aromatic N) is 2. The van der Waals surface area contributed by atoms with Gasteiger partial charge < -0.3 is 24.2 Å². The summed E-state index contributed by atoms with van der Waals surface area (Å²) in [4.78, 5) is 27.6. The molecule has 3 rings (SSSR count). The Morgan fingerprint density at radius 1 is 1.23 bits per heavy atom. The number of piperidine rings is 1. The SMILES string of the molecule is COC(=O)OC1CC(c2ccc(OC(F)F)cc2)CN(C(=O)N2CCSCC2O)C1. The number of hydrogen-bond donors (Lipinski definition) is 1. The molecule has 2 amide bonds. The Balaban J connectivity index is 1.76. The molecule has 1 aromatic rings. The summed E-state index contributed by atoms with van der Waals surface area (Å²) in [5.41, 5.74) is 0.794. The maximum atomic E-state index is 13.0. The molecular formula is C19H24F2N2O6S. The highest BCUT2D eigenvalue weighted by molar-refractivity contribution is 7.99. The third-order valence-electron chi connectivity index (χ3n) is 5.04. The number of amides is 2. The molecule has 0 saturated carbocycles. The van der Waals surface area contributed by atoms with Crippen LogP contribution in [0.15, 0.2) is 24.3 Å². The molecule has 2 fully saturated rings. The molecule has 30 heavy (non-hydrogen) atoms. The Kier molecular flexibility index (Phi) is 7.59. The molecule has 3 atom stereocenters. The highest BCUT2D eigenvalue weighted by Crippen LogP contribution is 2.31. The lowest BCUT2D eigenvalue weighted by molar-refractivity contribution is -0.0498. The molecule has 166 valence electrons. The van der Waals surface area contributed by atoms with Crippen molar-refractivity contribution in [2.75, 3.05) is 38.2 Å². The summed E-state index contributed by atoms with van der Waals surface area (Å²) in [6.07, 6.45) is -1.88. The van der Waals surface area contributed by atoms with Crippen molar-refractivity contribution in [2.24, 2.45) is 0 Å². The molecule has 0 aliphatic carbocycles. The smallest absolute Gasteiger partial charge is 0.438 e. The van der Waals surface area contributed by atoms with E-state index >= 15 is 0 Å². The number of rotatable bonds is 4. The summed E-state index contributed by atoms with van der Waals surface area (Å²) >= 11 is 1.57. The zero-order valence-corrected chi connectivity index (χ0v) is 17.2. The normalized spacial score (nSPS) is 24.5. The summed E-state index contributed by atoms with van der Waals surface area (Å²) in [5, 5.41) is 10.2. The molecule has 0 bridgehead atoms. The van der Waals surface area contributed by atoms with E-state index in [-0.39, 0.29) is 24.2 Å². The average molecular weight is 446 g/mol. The van der Waals surface area contributed by atoms with Gasteiger partial charge in [-0.1, -0.05) is 12.1 Å². The largest absolute Gasteiger partial charge is 0.508 e. The zero-order valence-electron chi connectivity index (χ0n) is 16.4. The highest BCUT2D eigenvalue weighted by atomic mass is 32.2. The Hall–Kier alpha value is -2.27. The van der Waals surface area contributed by atoms with E-state index in [1.807, 2.05) is 0 Å². The van der Waals surface area contributed by atoms with Crippen molar-refractivity contribution >= 4 is 23.9 Å². The zero-order chi connectivity index (χ0) is 21.7. The number of likely N-dealkylation sites (tertiary alicyclic amines) is 1. The van der Waals surface area contributed by atoms with Gasteiger partial charge in [0.05, 0.1) is 13.7 Å². The molecule has 8 nitrogen and oxygen atoms in total.